The fourth-order valence-corrected chi connectivity index (χ4v) is 3.31. The van der Waals surface area contributed by atoms with Crippen LogP contribution in [0.15, 0.2) is 60.9 Å². The zero-order valence-electron chi connectivity index (χ0n) is 15.0. The number of hydrogen-bond acceptors (Lipinski definition) is 5. The van der Waals surface area contributed by atoms with Gasteiger partial charge in [-0.15, -0.1) is 10.2 Å². The Morgan fingerprint density at radius 2 is 1.74 bits per heavy atom. The minimum atomic E-state index is 0.0567. The van der Waals surface area contributed by atoms with E-state index in [-0.39, 0.29) is 11.8 Å². The van der Waals surface area contributed by atoms with Crippen molar-refractivity contribution < 1.29 is 4.79 Å². The van der Waals surface area contributed by atoms with Crippen LogP contribution in [0.4, 0.5) is 5.82 Å². The Labute approximate surface area is 158 Å². The van der Waals surface area contributed by atoms with Crippen molar-refractivity contribution in [1.29, 1.82) is 0 Å². The molecule has 1 saturated heterocycles. The average molecular weight is 362 g/mol. The van der Waals surface area contributed by atoms with Gasteiger partial charge < -0.3 is 10.2 Å². The third-order valence-electron chi connectivity index (χ3n) is 4.87. The highest BCUT2D eigenvalue weighted by molar-refractivity contribution is 5.79. The van der Waals surface area contributed by atoms with E-state index < -0.39 is 0 Å². The van der Waals surface area contributed by atoms with Gasteiger partial charge in [-0.25, -0.2) is 4.68 Å². The van der Waals surface area contributed by atoms with Crippen LogP contribution in [-0.4, -0.2) is 39.0 Å². The molecule has 0 unspecified atom stereocenters. The second-order valence-corrected chi connectivity index (χ2v) is 6.67. The van der Waals surface area contributed by atoms with Crippen molar-refractivity contribution >= 4 is 11.7 Å². The summed E-state index contributed by atoms with van der Waals surface area (Å²) in [5, 5.41) is 15.8. The van der Waals surface area contributed by atoms with E-state index in [1.165, 1.54) is 0 Å². The molecule has 7 nitrogen and oxygen atoms in total. The number of benzene rings is 1. The quantitative estimate of drug-likeness (QED) is 0.753. The summed E-state index contributed by atoms with van der Waals surface area (Å²) in [4.78, 5) is 14.6. The van der Waals surface area contributed by atoms with E-state index in [2.05, 4.69) is 25.5 Å². The van der Waals surface area contributed by atoms with Crippen molar-refractivity contribution in [2.24, 2.45) is 5.92 Å². The highest BCUT2D eigenvalue weighted by atomic mass is 16.1. The first-order valence-corrected chi connectivity index (χ1v) is 9.20. The van der Waals surface area contributed by atoms with Gasteiger partial charge in [0.1, 0.15) is 0 Å². The van der Waals surface area contributed by atoms with Gasteiger partial charge in [0, 0.05) is 37.9 Å². The molecule has 4 rings (SSSR count). The van der Waals surface area contributed by atoms with Crippen LogP contribution in [0.2, 0.25) is 0 Å². The minimum Gasteiger partial charge on any atom is -0.355 e. The SMILES string of the molecule is O=C(NCc1ccccc1)C1CCN(c2ccc(-n3cccn3)nn2)CC1. The summed E-state index contributed by atoms with van der Waals surface area (Å²) in [7, 11) is 0. The van der Waals surface area contributed by atoms with Crippen molar-refractivity contribution in [3.63, 3.8) is 0 Å². The second kappa shape index (κ2) is 7.99. The molecule has 0 bridgehead atoms. The number of anilines is 1. The third kappa shape index (κ3) is 4.13. The maximum atomic E-state index is 12.4. The molecule has 2 aromatic heterocycles. The zero-order valence-corrected chi connectivity index (χ0v) is 15.0. The van der Waals surface area contributed by atoms with E-state index >= 15 is 0 Å². The maximum absolute atomic E-state index is 12.4. The molecule has 1 N–H and O–H groups in total. The number of hydrogen-bond donors (Lipinski definition) is 1. The Bertz CT molecular complexity index is 855. The van der Waals surface area contributed by atoms with Gasteiger partial charge in [-0.3, -0.25) is 4.79 Å². The van der Waals surface area contributed by atoms with E-state index in [9.17, 15) is 4.79 Å². The van der Waals surface area contributed by atoms with Crippen molar-refractivity contribution in [2.45, 2.75) is 19.4 Å². The normalized spacial score (nSPS) is 14.9. The molecule has 1 amide bonds. The Morgan fingerprint density at radius 3 is 2.41 bits per heavy atom. The van der Waals surface area contributed by atoms with Gasteiger partial charge in [0.05, 0.1) is 0 Å². The van der Waals surface area contributed by atoms with Crippen LogP contribution in [-0.2, 0) is 11.3 Å². The van der Waals surface area contributed by atoms with E-state index in [1.807, 2.05) is 54.7 Å². The number of rotatable bonds is 5. The molecular weight excluding hydrogens is 340 g/mol. The lowest BCUT2D eigenvalue weighted by Crippen LogP contribution is -2.40. The van der Waals surface area contributed by atoms with Crippen LogP contribution in [0.5, 0.6) is 0 Å². The Balaban J connectivity index is 1.29. The lowest BCUT2D eigenvalue weighted by atomic mass is 9.96. The topological polar surface area (TPSA) is 75.9 Å². The van der Waals surface area contributed by atoms with E-state index in [0.717, 1.165) is 37.3 Å². The molecule has 1 aliphatic heterocycles. The largest absolute Gasteiger partial charge is 0.355 e. The van der Waals surface area contributed by atoms with Gasteiger partial charge in [0.25, 0.3) is 0 Å². The van der Waals surface area contributed by atoms with Gasteiger partial charge >= 0.3 is 0 Å². The predicted molar refractivity (Wildman–Crippen MR) is 102 cm³/mol. The molecule has 27 heavy (non-hydrogen) atoms. The molecule has 0 aliphatic carbocycles. The van der Waals surface area contributed by atoms with Gasteiger partial charge in [-0.2, -0.15) is 5.10 Å². The molecule has 7 heteroatoms. The van der Waals surface area contributed by atoms with Crippen molar-refractivity contribution in [1.82, 2.24) is 25.3 Å². The highest BCUT2D eigenvalue weighted by Crippen LogP contribution is 2.22. The number of nitrogens with one attached hydrogen (secondary N) is 1. The van der Waals surface area contributed by atoms with Gasteiger partial charge in [-0.05, 0) is 36.6 Å². The first-order valence-electron chi connectivity index (χ1n) is 9.20. The summed E-state index contributed by atoms with van der Waals surface area (Å²) >= 11 is 0. The second-order valence-electron chi connectivity index (χ2n) is 6.67. The molecule has 1 fully saturated rings. The molecule has 0 radical (unpaired) electrons. The first kappa shape index (κ1) is 17.2. The Morgan fingerprint density at radius 1 is 1.00 bits per heavy atom. The van der Waals surface area contributed by atoms with Crippen molar-refractivity contribution in [3.8, 4) is 5.82 Å². The number of carbonyl (C=O) groups excluding carboxylic acids is 1. The smallest absolute Gasteiger partial charge is 0.223 e. The summed E-state index contributed by atoms with van der Waals surface area (Å²) < 4.78 is 1.68. The van der Waals surface area contributed by atoms with E-state index in [4.69, 9.17) is 0 Å². The molecule has 3 aromatic rings. The number of piperidine rings is 1. The molecule has 1 aromatic carbocycles. The predicted octanol–water partition coefficient (Wildman–Crippen LogP) is 2.20. The molecule has 138 valence electrons. The number of aromatic nitrogens is 4. The maximum Gasteiger partial charge on any atom is 0.223 e. The number of amides is 1. The Hall–Kier alpha value is -3.22. The van der Waals surface area contributed by atoms with Crippen LogP contribution in [0, 0.1) is 5.92 Å². The molecule has 1 aliphatic rings. The minimum absolute atomic E-state index is 0.0567. The summed E-state index contributed by atoms with van der Waals surface area (Å²) in [6, 6.07) is 15.7. The van der Waals surface area contributed by atoms with Gasteiger partial charge in [0.15, 0.2) is 11.6 Å². The molecule has 3 heterocycles. The summed E-state index contributed by atoms with van der Waals surface area (Å²) in [6.07, 6.45) is 5.19. The van der Waals surface area contributed by atoms with Crippen LogP contribution in [0.1, 0.15) is 18.4 Å². The van der Waals surface area contributed by atoms with Crippen molar-refractivity contribution in [2.75, 3.05) is 18.0 Å². The average Bonchev–Trinajstić information content (AvgIpc) is 3.28. The standard InChI is InChI=1S/C20H22N6O/c27-20(21-15-16-5-2-1-3-6-16)17-9-13-25(14-10-17)18-7-8-19(24-23-18)26-12-4-11-22-26/h1-8,11-12,17H,9-10,13-15H2,(H,21,27). The van der Waals surface area contributed by atoms with Crippen LogP contribution < -0.4 is 10.2 Å². The molecular formula is C20H22N6O. The molecule has 0 atom stereocenters. The highest BCUT2D eigenvalue weighted by Gasteiger charge is 2.25. The first-order chi connectivity index (χ1) is 13.3. The van der Waals surface area contributed by atoms with Crippen LogP contribution >= 0.6 is 0 Å². The zero-order chi connectivity index (χ0) is 18.5. The fourth-order valence-electron chi connectivity index (χ4n) is 3.31. The molecule has 0 saturated carbocycles. The fraction of sp³-hybridized carbons (Fsp3) is 0.300. The van der Waals surface area contributed by atoms with Gasteiger partial charge in [-0.1, -0.05) is 30.3 Å². The monoisotopic (exact) mass is 362 g/mol. The number of nitrogens with zero attached hydrogens (tertiary/aromatic N) is 5. The van der Waals surface area contributed by atoms with Gasteiger partial charge in [0.2, 0.25) is 5.91 Å². The summed E-state index contributed by atoms with van der Waals surface area (Å²) in [5.41, 5.74) is 1.12. The third-order valence-corrected chi connectivity index (χ3v) is 4.87. The summed E-state index contributed by atoms with van der Waals surface area (Å²) in [5.74, 6) is 1.73. The summed E-state index contributed by atoms with van der Waals surface area (Å²) in [6.45, 7) is 2.19. The Kier molecular flexibility index (Phi) is 5.09. The van der Waals surface area contributed by atoms with Crippen LogP contribution in [0.3, 0.4) is 0 Å². The van der Waals surface area contributed by atoms with E-state index in [0.29, 0.717) is 12.4 Å². The molecule has 0 spiro atoms. The lowest BCUT2D eigenvalue weighted by Gasteiger charge is -2.31. The van der Waals surface area contributed by atoms with Crippen LogP contribution in [0.25, 0.3) is 5.82 Å². The lowest BCUT2D eigenvalue weighted by molar-refractivity contribution is -0.125. The van der Waals surface area contributed by atoms with Crippen molar-refractivity contribution in [3.05, 3.63) is 66.5 Å². The van der Waals surface area contributed by atoms with E-state index in [1.54, 1.807) is 10.9 Å². The number of carbonyl (C=O) groups is 1.